The molecule has 2 heterocycles. The van der Waals surface area contributed by atoms with Crippen molar-refractivity contribution in [3.05, 3.63) is 101 Å². The number of hydrogen-bond acceptors (Lipinski definition) is 3. The molecule has 0 radical (unpaired) electrons. The van der Waals surface area contributed by atoms with Crippen LogP contribution in [0.3, 0.4) is 0 Å². The Morgan fingerprint density at radius 1 is 0.944 bits per heavy atom. The monoisotopic (exact) mass is 491 g/mol. The van der Waals surface area contributed by atoms with Crippen molar-refractivity contribution in [3.63, 3.8) is 0 Å². The van der Waals surface area contributed by atoms with Crippen molar-refractivity contribution >= 4 is 23.4 Å². The number of rotatable bonds is 4. The second-order valence-electron chi connectivity index (χ2n) is 9.40. The van der Waals surface area contributed by atoms with Crippen molar-refractivity contribution in [2.75, 3.05) is 31.1 Å². The Morgan fingerprint density at radius 3 is 2.44 bits per heavy atom. The van der Waals surface area contributed by atoms with Crippen LogP contribution in [0, 0.1) is 17.5 Å². The third-order valence-corrected chi connectivity index (χ3v) is 7.22. The normalized spacial score (nSPS) is 18.8. The van der Waals surface area contributed by atoms with Gasteiger partial charge in [-0.05, 0) is 55.8 Å². The van der Waals surface area contributed by atoms with Crippen LogP contribution in [0.25, 0.3) is 6.08 Å². The number of halogens is 3. The van der Waals surface area contributed by atoms with Crippen LogP contribution in [-0.4, -0.2) is 47.9 Å². The molecule has 0 aromatic heterocycles. The summed E-state index contributed by atoms with van der Waals surface area (Å²) < 4.78 is 41.4. The van der Waals surface area contributed by atoms with Crippen LogP contribution in [-0.2, 0) is 0 Å². The van der Waals surface area contributed by atoms with Gasteiger partial charge >= 0.3 is 0 Å². The van der Waals surface area contributed by atoms with Crippen molar-refractivity contribution < 1.29 is 18.0 Å². The first kappa shape index (κ1) is 24.1. The third-order valence-electron chi connectivity index (χ3n) is 7.22. The first-order valence-corrected chi connectivity index (χ1v) is 12.2. The summed E-state index contributed by atoms with van der Waals surface area (Å²) in [5.74, 6) is -3.85. The molecule has 0 spiro atoms. The maximum atomic E-state index is 14.3. The van der Waals surface area contributed by atoms with E-state index in [0.29, 0.717) is 25.2 Å². The summed E-state index contributed by atoms with van der Waals surface area (Å²) in [5.41, 5.74) is 4.04. The van der Waals surface area contributed by atoms with Gasteiger partial charge in [-0.1, -0.05) is 36.4 Å². The highest BCUT2D eigenvalue weighted by Crippen LogP contribution is 2.33. The lowest BCUT2D eigenvalue weighted by molar-refractivity contribution is 0.0401. The average Bonchev–Trinajstić information content (AvgIpc) is 2.91. The smallest absolute Gasteiger partial charge is 0.254 e. The van der Waals surface area contributed by atoms with E-state index in [2.05, 4.69) is 29.2 Å². The fourth-order valence-electron chi connectivity index (χ4n) is 5.15. The SMILES string of the molecule is CC(c1ccc(F)c(F)c1F)N1CCN(C(=O)c2ccc(N3CC=Cc4ccccc43)cc2)[C@H](C)C1. The van der Waals surface area contributed by atoms with Gasteiger partial charge in [0.25, 0.3) is 5.91 Å². The van der Waals surface area contributed by atoms with Gasteiger partial charge in [-0.25, -0.2) is 13.2 Å². The fourth-order valence-corrected chi connectivity index (χ4v) is 5.15. The van der Waals surface area contributed by atoms with Gasteiger partial charge in [0, 0.05) is 60.8 Å². The molecule has 0 aliphatic carbocycles. The Hall–Kier alpha value is -3.58. The Labute approximate surface area is 209 Å². The molecule has 0 N–H and O–H groups in total. The van der Waals surface area contributed by atoms with E-state index in [1.165, 1.54) is 6.07 Å². The molecule has 2 aliphatic heterocycles. The van der Waals surface area contributed by atoms with Gasteiger partial charge in [0.05, 0.1) is 0 Å². The van der Waals surface area contributed by atoms with Crippen LogP contribution in [0.15, 0.2) is 66.7 Å². The number of anilines is 2. The summed E-state index contributed by atoms with van der Waals surface area (Å²) in [5, 5.41) is 0. The van der Waals surface area contributed by atoms with Gasteiger partial charge in [0.1, 0.15) is 0 Å². The molecule has 3 aromatic carbocycles. The Morgan fingerprint density at radius 2 is 1.69 bits per heavy atom. The number of carbonyl (C=O) groups is 1. The van der Waals surface area contributed by atoms with Crippen LogP contribution in [0.1, 0.15) is 41.4 Å². The molecule has 5 rings (SSSR count). The molecule has 36 heavy (non-hydrogen) atoms. The summed E-state index contributed by atoms with van der Waals surface area (Å²) in [7, 11) is 0. The minimum absolute atomic E-state index is 0.0562. The number of carbonyl (C=O) groups excluding carboxylic acids is 1. The standard InChI is InChI=1S/C29H28F3N3O/c1-19-18-33(20(2)24-13-14-25(30)28(32)27(24)31)16-17-34(19)29(36)22-9-11-23(12-10-22)35-15-5-7-21-6-3-4-8-26(21)35/h3-14,19-20H,15-18H2,1-2H3/t19-,20?/m1/s1. The van der Waals surface area contributed by atoms with Gasteiger partial charge in [-0.15, -0.1) is 0 Å². The van der Waals surface area contributed by atoms with Crippen molar-refractivity contribution in [2.45, 2.75) is 25.9 Å². The minimum Gasteiger partial charge on any atom is -0.337 e. The summed E-state index contributed by atoms with van der Waals surface area (Å²) in [4.78, 5) is 19.3. The summed E-state index contributed by atoms with van der Waals surface area (Å²) in [6.45, 7) is 5.95. The van der Waals surface area contributed by atoms with Crippen LogP contribution in [0.2, 0.25) is 0 Å². The molecule has 2 atom stereocenters. The number of piperazine rings is 1. The van der Waals surface area contributed by atoms with Gasteiger partial charge in [-0.3, -0.25) is 9.69 Å². The van der Waals surface area contributed by atoms with Crippen molar-refractivity contribution in [3.8, 4) is 0 Å². The topological polar surface area (TPSA) is 26.8 Å². The van der Waals surface area contributed by atoms with Crippen molar-refractivity contribution in [1.29, 1.82) is 0 Å². The molecule has 2 aliphatic rings. The lowest BCUT2D eigenvalue weighted by Crippen LogP contribution is -2.54. The third kappa shape index (κ3) is 4.39. The summed E-state index contributed by atoms with van der Waals surface area (Å²) in [6, 6.07) is 17.5. The molecule has 7 heteroatoms. The predicted octanol–water partition coefficient (Wildman–Crippen LogP) is 6.18. The number of para-hydroxylation sites is 1. The van der Waals surface area contributed by atoms with E-state index >= 15 is 0 Å². The number of amides is 1. The zero-order valence-corrected chi connectivity index (χ0v) is 20.3. The maximum absolute atomic E-state index is 14.3. The number of benzene rings is 3. The maximum Gasteiger partial charge on any atom is 0.254 e. The fraction of sp³-hybridized carbons (Fsp3) is 0.276. The molecular weight excluding hydrogens is 463 g/mol. The lowest BCUT2D eigenvalue weighted by Gasteiger charge is -2.42. The number of fused-ring (bicyclic) bond motifs is 1. The molecule has 1 amide bonds. The molecule has 0 saturated carbocycles. The van der Waals surface area contributed by atoms with Crippen LogP contribution >= 0.6 is 0 Å². The van der Waals surface area contributed by atoms with Crippen molar-refractivity contribution in [2.24, 2.45) is 0 Å². The molecule has 0 bridgehead atoms. The molecular formula is C29H28F3N3O. The van der Waals surface area contributed by atoms with Crippen molar-refractivity contribution in [1.82, 2.24) is 9.80 Å². The zero-order chi connectivity index (χ0) is 25.4. The predicted molar refractivity (Wildman–Crippen MR) is 136 cm³/mol. The number of hydrogen-bond donors (Lipinski definition) is 0. The highest BCUT2D eigenvalue weighted by atomic mass is 19.2. The van der Waals surface area contributed by atoms with E-state index in [1.54, 1.807) is 6.92 Å². The van der Waals surface area contributed by atoms with Crippen LogP contribution < -0.4 is 4.90 Å². The second-order valence-corrected chi connectivity index (χ2v) is 9.40. The molecule has 3 aromatic rings. The van der Waals surface area contributed by atoms with E-state index in [-0.39, 0.29) is 17.5 Å². The summed E-state index contributed by atoms with van der Waals surface area (Å²) >= 11 is 0. The average molecular weight is 492 g/mol. The first-order chi connectivity index (χ1) is 17.3. The Balaban J connectivity index is 1.27. The molecule has 1 fully saturated rings. The van der Waals surface area contributed by atoms with E-state index in [1.807, 2.05) is 53.1 Å². The van der Waals surface area contributed by atoms with Gasteiger partial charge in [-0.2, -0.15) is 0 Å². The quantitative estimate of drug-likeness (QED) is 0.408. The first-order valence-electron chi connectivity index (χ1n) is 12.2. The van der Waals surface area contributed by atoms with Crippen LogP contribution in [0.5, 0.6) is 0 Å². The highest BCUT2D eigenvalue weighted by molar-refractivity contribution is 5.95. The Kier molecular flexibility index (Phi) is 6.58. The Bertz CT molecular complexity index is 1310. The lowest BCUT2D eigenvalue weighted by atomic mass is 10.0. The van der Waals surface area contributed by atoms with Gasteiger partial charge in [0.2, 0.25) is 0 Å². The van der Waals surface area contributed by atoms with E-state index in [9.17, 15) is 18.0 Å². The highest BCUT2D eigenvalue weighted by Gasteiger charge is 2.32. The second kappa shape index (κ2) is 9.82. The van der Waals surface area contributed by atoms with Crippen LogP contribution in [0.4, 0.5) is 24.5 Å². The summed E-state index contributed by atoms with van der Waals surface area (Å²) in [6.07, 6.45) is 4.24. The largest absolute Gasteiger partial charge is 0.337 e. The van der Waals surface area contributed by atoms with Gasteiger partial charge in [0.15, 0.2) is 17.5 Å². The molecule has 1 saturated heterocycles. The molecule has 186 valence electrons. The van der Waals surface area contributed by atoms with E-state index in [4.69, 9.17) is 0 Å². The zero-order valence-electron chi connectivity index (χ0n) is 20.3. The minimum atomic E-state index is -1.45. The van der Waals surface area contributed by atoms with Gasteiger partial charge < -0.3 is 9.80 Å². The molecule has 1 unspecified atom stereocenters. The van der Waals surface area contributed by atoms with E-state index in [0.717, 1.165) is 29.5 Å². The van der Waals surface area contributed by atoms with E-state index < -0.39 is 23.5 Å². The molecule has 4 nitrogen and oxygen atoms in total. The number of nitrogens with zero attached hydrogens (tertiary/aromatic N) is 3.